The third-order valence-electron chi connectivity index (χ3n) is 3.76. The van der Waals surface area contributed by atoms with Gasteiger partial charge in [0.25, 0.3) is 0 Å². The van der Waals surface area contributed by atoms with E-state index in [-0.39, 0.29) is 12.8 Å². The summed E-state index contributed by atoms with van der Waals surface area (Å²) >= 11 is 0. The molecule has 5 nitrogen and oxygen atoms in total. The highest BCUT2D eigenvalue weighted by atomic mass is 32.2. The van der Waals surface area contributed by atoms with Crippen molar-refractivity contribution in [1.82, 2.24) is 0 Å². The van der Waals surface area contributed by atoms with Crippen LogP contribution in [-0.2, 0) is 19.3 Å². The predicted molar refractivity (Wildman–Crippen MR) is 67.9 cm³/mol. The van der Waals surface area contributed by atoms with E-state index in [9.17, 15) is 22.5 Å². The van der Waals surface area contributed by atoms with E-state index in [0.717, 1.165) is 12.1 Å². The normalized spacial score (nSPS) is 19.6. The number of nitrogens with zero attached hydrogens (tertiary/aromatic N) is 1. The zero-order valence-corrected chi connectivity index (χ0v) is 12.2. The summed E-state index contributed by atoms with van der Waals surface area (Å²) in [5.74, 6) is -3.30. The van der Waals surface area contributed by atoms with Crippen LogP contribution in [-0.4, -0.2) is 33.2 Å². The quantitative estimate of drug-likeness (QED) is 0.625. The zero-order chi connectivity index (χ0) is 15.9. The fraction of sp³-hybridized carbons (Fsp3) is 0.462. The first-order valence-electron chi connectivity index (χ1n) is 5.97. The minimum absolute atomic E-state index is 0.247. The van der Waals surface area contributed by atoms with Gasteiger partial charge in [0.05, 0.1) is 6.07 Å². The average molecular weight is 317 g/mol. The molecule has 0 unspecified atom stereocenters. The molecular weight excluding hydrogens is 304 g/mol. The van der Waals surface area contributed by atoms with Gasteiger partial charge >= 0.3 is 0 Å². The zero-order valence-electron chi connectivity index (χ0n) is 11.4. The van der Waals surface area contributed by atoms with Gasteiger partial charge in [0.1, 0.15) is 16.5 Å². The fourth-order valence-corrected chi connectivity index (χ4v) is 4.35. The maximum Gasteiger partial charge on any atom is 0.200 e. The van der Waals surface area contributed by atoms with Gasteiger partial charge in [0, 0.05) is 33.1 Å². The molecule has 0 heterocycles. The van der Waals surface area contributed by atoms with Gasteiger partial charge in [0.15, 0.2) is 10.5 Å². The number of hydrogen-bond donors (Lipinski definition) is 0. The first kappa shape index (κ1) is 15.8. The first-order chi connectivity index (χ1) is 9.76. The molecule has 1 fully saturated rings. The van der Waals surface area contributed by atoms with Gasteiger partial charge in [-0.05, 0) is 12.1 Å². The van der Waals surface area contributed by atoms with Crippen LogP contribution in [0.5, 0.6) is 0 Å². The molecule has 0 spiro atoms. The van der Waals surface area contributed by atoms with E-state index in [1.54, 1.807) is 6.07 Å². The van der Waals surface area contributed by atoms with Crippen LogP contribution in [0.25, 0.3) is 0 Å². The number of methoxy groups -OCH3 is 2. The number of hydrogen-bond acceptors (Lipinski definition) is 5. The Hall–Kier alpha value is -1.56. The molecule has 8 heteroatoms. The number of rotatable bonds is 4. The molecule has 1 aromatic rings. The van der Waals surface area contributed by atoms with E-state index in [2.05, 4.69) is 0 Å². The molecule has 0 amide bonds. The summed E-state index contributed by atoms with van der Waals surface area (Å²) in [6, 6.07) is 3.83. The summed E-state index contributed by atoms with van der Waals surface area (Å²) in [7, 11) is -1.66. The van der Waals surface area contributed by atoms with Gasteiger partial charge in [-0.1, -0.05) is 0 Å². The Balaban J connectivity index is 2.47. The Morgan fingerprint density at radius 1 is 1.24 bits per heavy atom. The lowest BCUT2D eigenvalue weighted by atomic mass is 9.78. The number of sulfone groups is 1. The minimum atomic E-state index is -4.32. The van der Waals surface area contributed by atoms with Crippen LogP contribution >= 0.6 is 0 Å². The van der Waals surface area contributed by atoms with Crippen molar-refractivity contribution in [1.29, 1.82) is 5.26 Å². The van der Waals surface area contributed by atoms with E-state index in [1.165, 1.54) is 14.2 Å². The first-order valence-corrected chi connectivity index (χ1v) is 7.45. The Morgan fingerprint density at radius 2 is 1.81 bits per heavy atom. The molecule has 1 aliphatic carbocycles. The Morgan fingerprint density at radius 3 is 2.24 bits per heavy atom. The summed E-state index contributed by atoms with van der Waals surface area (Å²) in [5, 5.41) is 9.27. The summed E-state index contributed by atoms with van der Waals surface area (Å²) in [6.45, 7) is 0. The smallest absolute Gasteiger partial charge is 0.200 e. The second-order valence-electron chi connectivity index (χ2n) is 4.86. The molecule has 0 atom stereocenters. The van der Waals surface area contributed by atoms with Gasteiger partial charge in [-0.25, -0.2) is 17.2 Å². The molecule has 0 aromatic heterocycles. The van der Waals surface area contributed by atoms with Crippen LogP contribution in [0.1, 0.15) is 12.8 Å². The second kappa shape index (κ2) is 5.02. The van der Waals surface area contributed by atoms with Crippen molar-refractivity contribution < 1.29 is 26.7 Å². The van der Waals surface area contributed by atoms with Crippen LogP contribution in [0, 0.1) is 23.0 Å². The van der Waals surface area contributed by atoms with Crippen molar-refractivity contribution in [2.24, 2.45) is 0 Å². The van der Waals surface area contributed by atoms with Gasteiger partial charge in [-0.15, -0.1) is 0 Å². The third-order valence-corrected chi connectivity index (χ3v) is 6.07. The molecule has 21 heavy (non-hydrogen) atoms. The molecule has 114 valence electrons. The van der Waals surface area contributed by atoms with E-state index in [0.29, 0.717) is 6.07 Å². The number of halogens is 2. The topological polar surface area (TPSA) is 76.4 Å². The molecule has 1 aliphatic rings. The van der Waals surface area contributed by atoms with E-state index >= 15 is 0 Å². The van der Waals surface area contributed by atoms with E-state index in [4.69, 9.17) is 9.47 Å². The summed E-state index contributed by atoms with van der Waals surface area (Å²) < 4.78 is 60.0. The summed E-state index contributed by atoms with van der Waals surface area (Å²) in [5.41, 5.74) is 0. The van der Waals surface area contributed by atoms with Crippen molar-refractivity contribution in [3.8, 4) is 6.07 Å². The minimum Gasteiger partial charge on any atom is -0.353 e. The van der Waals surface area contributed by atoms with E-state index in [1.807, 2.05) is 0 Å². The van der Waals surface area contributed by atoms with Crippen LogP contribution in [0.15, 0.2) is 23.1 Å². The molecule has 2 rings (SSSR count). The fourth-order valence-electron chi connectivity index (χ4n) is 2.42. The van der Waals surface area contributed by atoms with Gasteiger partial charge in [-0.2, -0.15) is 5.26 Å². The van der Waals surface area contributed by atoms with Crippen LogP contribution in [0.2, 0.25) is 0 Å². The average Bonchev–Trinajstić information content (AvgIpc) is 2.38. The Bertz CT molecular complexity index is 699. The van der Waals surface area contributed by atoms with Crippen LogP contribution in [0.3, 0.4) is 0 Å². The summed E-state index contributed by atoms with van der Waals surface area (Å²) in [6.07, 6.45) is -0.495. The number of nitriles is 1. The van der Waals surface area contributed by atoms with Crippen LogP contribution in [0.4, 0.5) is 8.78 Å². The second-order valence-corrected chi connectivity index (χ2v) is 7.08. The number of benzene rings is 1. The van der Waals surface area contributed by atoms with Crippen molar-refractivity contribution in [2.75, 3.05) is 14.2 Å². The lowest BCUT2D eigenvalue weighted by Crippen LogP contribution is -2.61. The van der Waals surface area contributed by atoms with Gasteiger partial charge < -0.3 is 9.47 Å². The largest absolute Gasteiger partial charge is 0.353 e. The van der Waals surface area contributed by atoms with Crippen molar-refractivity contribution in [2.45, 2.75) is 28.3 Å². The maximum absolute atomic E-state index is 13.7. The highest BCUT2D eigenvalue weighted by molar-refractivity contribution is 7.93. The highest BCUT2D eigenvalue weighted by Crippen LogP contribution is 2.51. The molecule has 0 aliphatic heterocycles. The molecule has 1 saturated carbocycles. The Kier molecular flexibility index (Phi) is 3.78. The van der Waals surface area contributed by atoms with Crippen LogP contribution < -0.4 is 0 Å². The maximum atomic E-state index is 13.7. The Labute approximate surface area is 121 Å². The SMILES string of the molecule is COC1(OC)CC(C#N)(S(=O)(=O)c2ccc(F)cc2F)C1. The van der Waals surface area contributed by atoms with Crippen molar-refractivity contribution in [3.05, 3.63) is 29.8 Å². The van der Waals surface area contributed by atoms with Crippen molar-refractivity contribution >= 4 is 9.84 Å². The molecule has 0 bridgehead atoms. The molecular formula is C13H13F2NO4S. The summed E-state index contributed by atoms with van der Waals surface area (Å²) in [4.78, 5) is -0.703. The molecule has 0 saturated heterocycles. The molecule has 0 N–H and O–H groups in total. The monoisotopic (exact) mass is 317 g/mol. The predicted octanol–water partition coefficient (Wildman–Crippen LogP) is 1.78. The standard InChI is InChI=1S/C13H13F2NO4S/c1-19-13(20-2)6-12(7-13,8-16)21(17,18)11-4-3-9(14)5-10(11)15/h3-5H,6-7H2,1-2H3. The molecule has 0 radical (unpaired) electrons. The van der Waals surface area contributed by atoms with Gasteiger partial charge in [0.2, 0.25) is 9.84 Å². The molecule has 1 aromatic carbocycles. The lowest BCUT2D eigenvalue weighted by molar-refractivity contribution is -0.256. The number of ether oxygens (including phenoxy) is 2. The van der Waals surface area contributed by atoms with Gasteiger partial charge in [-0.3, -0.25) is 0 Å². The third kappa shape index (κ3) is 2.21. The van der Waals surface area contributed by atoms with E-state index < -0.39 is 36.9 Å². The lowest BCUT2D eigenvalue weighted by Gasteiger charge is -2.49. The van der Waals surface area contributed by atoms with Crippen molar-refractivity contribution in [3.63, 3.8) is 0 Å². The highest BCUT2D eigenvalue weighted by Gasteiger charge is 2.64.